The monoisotopic (exact) mass is 372 g/mol. The second kappa shape index (κ2) is 5.92. The molecule has 0 fully saturated rings. The molecular weight excluding hydrogens is 360 g/mol. The van der Waals surface area contributed by atoms with Gasteiger partial charge >= 0.3 is 5.69 Å². The minimum absolute atomic E-state index is 0.0703. The van der Waals surface area contributed by atoms with E-state index in [1.165, 1.54) is 23.2 Å². The van der Waals surface area contributed by atoms with Crippen molar-refractivity contribution in [3.63, 3.8) is 0 Å². The second-order valence-electron chi connectivity index (χ2n) is 5.69. The highest BCUT2D eigenvalue weighted by atomic mass is 35.5. The van der Waals surface area contributed by atoms with Gasteiger partial charge in [0, 0.05) is 14.1 Å². The standard InChI is InChI=1S/C15H13ClN8O2/c1-21-12-11(13(25)22(2)15(21)26)23(14(16)17-12)8-10-18-19-20-24(10)9-6-4-3-5-7-9/h3-7H,8H2,1-2H3. The quantitative estimate of drug-likeness (QED) is 0.473. The molecule has 0 radical (unpaired) electrons. The van der Waals surface area contributed by atoms with E-state index in [9.17, 15) is 9.59 Å². The summed E-state index contributed by atoms with van der Waals surface area (Å²) in [6, 6.07) is 9.34. The van der Waals surface area contributed by atoms with E-state index in [-0.39, 0.29) is 23.0 Å². The van der Waals surface area contributed by atoms with Crippen molar-refractivity contribution >= 4 is 22.8 Å². The molecule has 0 bridgehead atoms. The minimum Gasteiger partial charge on any atom is -0.301 e. The molecule has 0 aliphatic carbocycles. The van der Waals surface area contributed by atoms with Gasteiger partial charge < -0.3 is 4.57 Å². The van der Waals surface area contributed by atoms with Crippen molar-refractivity contribution in [2.75, 3.05) is 0 Å². The molecule has 0 N–H and O–H groups in total. The van der Waals surface area contributed by atoms with Crippen LogP contribution in [-0.4, -0.2) is 38.9 Å². The summed E-state index contributed by atoms with van der Waals surface area (Å²) in [6.45, 7) is 0.116. The van der Waals surface area contributed by atoms with Crippen LogP contribution in [0, 0.1) is 0 Å². The number of para-hydroxylation sites is 1. The number of tetrazole rings is 1. The molecule has 0 aliphatic heterocycles. The van der Waals surface area contributed by atoms with E-state index in [2.05, 4.69) is 20.5 Å². The molecule has 0 amide bonds. The number of halogens is 1. The van der Waals surface area contributed by atoms with Crippen LogP contribution in [0.5, 0.6) is 0 Å². The predicted octanol–water partition coefficient (Wildman–Crippen LogP) is 0.111. The minimum atomic E-state index is -0.485. The molecule has 0 saturated carbocycles. The van der Waals surface area contributed by atoms with Gasteiger partial charge in [-0.2, -0.15) is 9.67 Å². The Balaban J connectivity index is 1.91. The highest BCUT2D eigenvalue weighted by molar-refractivity contribution is 6.29. The average Bonchev–Trinajstić information content (AvgIpc) is 3.24. The Labute approximate surface area is 150 Å². The van der Waals surface area contributed by atoms with Crippen LogP contribution in [0.25, 0.3) is 16.9 Å². The van der Waals surface area contributed by atoms with Crippen molar-refractivity contribution in [1.82, 2.24) is 38.9 Å². The Hall–Kier alpha value is -3.27. The summed E-state index contributed by atoms with van der Waals surface area (Å²) in [6.07, 6.45) is 0. The molecule has 0 spiro atoms. The van der Waals surface area contributed by atoms with Gasteiger partial charge in [0.25, 0.3) is 5.56 Å². The molecule has 11 heteroatoms. The van der Waals surface area contributed by atoms with Gasteiger partial charge in [-0.15, -0.1) is 5.10 Å². The topological polar surface area (TPSA) is 105 Å². The lowest BCUT2D eigenvalue weighted by Gasteiger charge is -2.08. The Morgan fingerprint density at radius 2 is 1.81 bits per heavy atom. The SMILES string of the molecule is Cn1c(=O)c2c(nc(Cl)n2Cc2nnnn2-c2ccccc2)n(C)c1=O. The number of aryl methyl sites for hydroxylation is 1. The summed E-state index contributed by atoms with van der Waals surface area (Å²) in [5.74, 6) is 0.466. The zero-order chi connectivity index (χ0) is 18.4. The smallest absolute Gasteiger partial charge is 0.301 e. The van der Waals surface area contributed by atoms with Crippen LogP contribution >= 0.6 is 11.6 Å². The lowest BCUT2D eigenvalue weighted by atomic mass is 10.3. The van der Waals surface area contributed by atoms with E-state index in [0.29, 0.717) is 5.82 Å². The Bertz CT molecular complexity index is 1230. The van der Waals surface area contributed by atoms with E-state index in [0.717, 1.165) is 10.3 Å². The van der Waals surface area contributed by atoms with Crippen LogP contribution in [0.2, 0.25) is 5.28 Å². The van der Waals surface area contributed by atoms with Crippen molar-refractivity contribution in [2.45, 2.75) is 6.54 Å². The lowest BCUT2D eigenvalue weighted by Crippen LogP contribution is -2.37. The third kappa shape index (κ3) is 2.34. The molecule has 26 heavy (non-hydrogen) atoms. The molecule has 0 unspecified atom stereocenters. The highest BCUT2D eigenvalue weighted by Gasteiger charge is 2.20. The number of rotatable bonds is 3. The summed E-state index contributed by atoms with van der Waals surface area (Å²) in [7, 11) is 2.94. The van der Waals surface area contributed by atoms with Gasteiger partial charge in [-0.1, -0.05) is 18.2 Å². The highest BCUT2D eigenvalue weighted by Crippen LogP contribution is 2.18. The van der Waals surface area contributed by atoms with E-state index in [1.807, 2.05) is 30.3 Å². The molecule has 0 saturated heterocycles. The molecule has 1 aromatic carbocycles. The fourth-order valence-corrected chi connectivity index (χ4v) is 3.00. The number of aromatic nitrogens is 8. The van der Waals surface area contributed by atoms with Gasteiger partial charge in [-0.05, 0) is 34.2 Å². The Kier molecular flexibility index (Phi) is 3.69. The first kappa shape index (κ1) is 16.2. The summed E-state index contributed by atoms with van der Waals surface area (Å²) in [5, 5.41) is 11.8. The molecule has 0 aliphatic rings. The predicted molar refractivity (Wildman–Crippen MR) is 93.5 cm³/mol. The van der Waals surface area contributed by atoms with Crippen LogP contribution < -0.4 is 11.2 Å². The zero-order valence-electron chi connectivity index (χ0n) is 13.9. The van der Waals surface area contributed by atoms with Gasteiger partial charge in [0.05, 0.1) is 12.2 Å². The van der Waals surface area contributed by atoms with Crippen LogP contribution in [0.1, 0.15) is 5.82 Å². The number of fused-ring (bicyclic) bond motifs is 1. The van der Waals surface area contributed by atoms with E-state index >= 15 is 0 Å². The third-order valence-electron chi connectivity index (χ3n) is 4.14. The molecule has 0 atom stereocenters. The molecule has 4 aromatic rings. The summed E-state index contributed by atoms with van der Waals surface area (Å²) in [4.78, 5) is 28.8. The van der Waals surface area contributed by atoms with E-state index < -0.39 is 11.2 Å². The molecule has 3 aromatic heterocycles. The summed E-state index contributed by atoms with van der Waals surface area (Å²) in [5.41, 5.74) is 0.233. The van der Waals surface area contributed by atoms with Crippen molar-refractivity contribution < 1.29 is 0 Å². The van der Waals surface area contributed by atoms with Gasteiger partial charge in [0.1, 0.15) is 0 Å². The second-order valence-corrected chi connectivity index (χ2v) is 6.03. The van der Waals surface area contributed by atoms with Gasteiger partial charge in [-0.25, -0.2) is 4.79 Å². The first-order valence-corrected chi connectivity index (χ1v) is 8.01. The van der Waals surface area contributed by atoms with Crippen molar-refractivity contribution in [3.05, 3.63) is 62.3 Å². The fraction of sp³-hybridized carbons (Fsp3) is 0.200. The number of benzene rings is 1. The lowest BCUT2D eigenvalue weighted by molar-refractivity contribution is 0.689. The molecule has 132 valence electrons. The first-order chi connectivity index (χ1) is 12.5. The Morgan fingerprint density at radius 1 is 1.08 bits per heavy atom. The van der Waals surface area contributed by atoms with Crippen molar-refractivity contribution in [3.8, 4) is 5.69 Å². The maximum Gasteiger partial charge on any atom is 0.332 e. The number of hydrogen-bond acceptors (Lipinski definition) is 6. The van der Waals surface area contributed by atoms with Crippen LogP contribution in [-0.2, 0) is 20.6 Å². The maximum absolute atomic E-state index is 12.6. The van der Waals surface area contributed by atoms with E-state index in [1.54, 1.807) is 4.68 Å². The molecule has 3 heterocycles. The van der Waals surface area contributed by atoms with Crippen molar-refractivity contribution in [1.29, 1.82) is 0 Å². The summed E-state index contributed by atoms with van der Waals surface area (Å²) < 4.78 is 5.33. The largest absolute Gasteiger partial charge is 0.332 e. The van der Waals surface area contributed by atoms with Crippen LogP contribution in [0.3, 0.4) is 0 Å². The molecule has 10 nitrogen and oxygen atoms in total. The average molecular weight is 373 g/mol. The van der Waals surface area contributed by atoms with Crippen LogP contribution in [0.15, 0.2) is 39.9 Å². The summed E-state index contributed by atoms with van der Waals surface area (Å²) >= 11 is 6.24. The van der Waals surface area contributed by atoms with E-state index in [4.69, 9.17) is 11.6 Å². The van der Waals surface area contributed by atoms with Gasteiger partial charge in [-0.3, -0.25) is 13.9 Å². The normalized spacial score (nSPS) is 11.3. The number of hydrogen-bond donors (Lipinski definition) is 0. The molecule has 4 rings (SSSR count). The zero-order valence-corrected chi connectivity index (χ0v) is 14.6. The number of imidazole rings is 1. The Morgan fingerprint density at radius 3 is 2.54 bits per heavy atom. The van der Waals surface area contributed by atoms with Crippen molar-refractivity contribution in [2.24, 2.45) is 14.1 Å². The van der Waals surface area contributed by atoms with Crippen LogP contribution in [0.4, 0.5) is 0 Å². The van der Waals surface area contributed by atoms with Gasteiger partial charge in [0.15, 0.2) is 17.0 Å². The molecular formula is C15H13ClN8O2. The first-order valence-electron chi connectivity index (χ1n) is 7.63. The fourth-order valence-electron chi connectivity index (χ4n) is 2.78. The maximum atomic E-state index is 12.6. The van der Waals surface area contributed by atoms with Gasteiger partial charge in [0.2, 0.25) is 5.28 Å². The number of nitrogens with zero attached hydrogens (tertiary/aromatic N) is 8. The third-order valence-corrected chi connectivity index (χ3v) is 4.42.